The number of hydrogen-bond acceptors (Lipinski definition) is 3. The van der Waals surface area contributed by atoms with Gasteiger partial charge in [-0.1, -0.05) is 12.0 Å². The Hall–Kier alpha value is -2.15. The van der Waals surface area contributed by atoms with Gasteiger partial charge in [-0.3, -0.25) is 4.79 Å². The van der Waals surface area contributed by atoms with Crippen LogP contribution in [0.5, 0.6) is 11.5 Å². The number of carboxylic acid groups (broad SMARTS) is 1. The SMILES string of the molecule is C#Cc1cccc(OC)c1O.CC(=O)O. The number of phenols is 1. The second-order valence-electron chi connectivity index (χ2n) is 2.52. The molecular formula is C11H12O4. The molecule has 0 saturated carbocycles. The molecule has 0 radical (unpaired) electrons. The van der Waals surface area contributed by atoms with Crippen LogP contribution in [0.4, 0.5) is 0 Å². The fraction of sp³-hybridized carbons (Fsp3) is 0.182. The lowest BCUT2D eigenvalue weighted by Gasteiger charge is -2.02. The minimum atomic E-state index is -0.833. The minimum Gasteiger partial charge on any atom is -0.503 e. The monoisotopic (exact) mass is 208 g/mol. The number of methoxy groups -OCH3 is 1. The first kappa shape index (κ1) is 12.8. The van der Waals surface area contributed by atoms with E-state index in [0.29, 0.717) is 11.3 Å². The molecule has 1 aromatic carbocycles. The Morgan fingerprint density at radius 2 is 2.07 bits per heavy atom. The van der Waals surface area contributed by atoms with Crippen LogP contribution in [0.2, 0.25) is 0 Å². The molecule has 0 saturated heterocycles. The zero-order chi connectivity index (χ0) is 11.8. The summed E-state index contributed by atoms with van der Waals surface area (Å²) in [5.74, 6) is 1.94. The maximum absolute atomic E-state index is 9.32. The molecule has 1 aromatic rings. The summed E-state index contributed by atoms with van der Waals surface area (Å²) < 4.78 is 4.84. The molecular weight excluding hydrogens is 196 g/mol. The zero-order valence-electron chi connectivity index (χ0n) is 8.52. The summed E-state index contributed by atoms with van der Waals surface area (Å²) >= 11 is 0. The van der Waals surface area contributed by atoms with E-state index in [9.17, 15) is 5.11 Å². The van der Waals surface area contributed by atoms with Gasteiger partial charge in [-0.2, -0.15) is 0 Å². The average molecular weight is 208 g/mol. The lowest BCUT2D eigenvalue weighted by atomic mass is 10.2. The van der Waals surface area contributed by atoms with Gasteiger partial charge in [-0.15, -0.1) is 6.42 Å². The van der Waals surface area contributed by atoms with Crippen molar-refractivity contribution in [3.8, 4) is 23.8 Å². The van der Waals surface area contributed by atoms with Crippen molar-refractivity contribution in [1.29, 1.82) is 0 Å². The second-order valence-corrected chi connectivity index (χ2v) is 2.52. The number of aromatic hydroxyl groups is 1. The van der Waals surface area contributed by atoms with Crippen molar-refractivity contribution in [1.82, 2.24) is 0 Å². The summed E-state index contributed by atoms with van der Waals surface area (Å²) in [4.78, 5) is 9.00. The Labute approximate surface area is 88.1 Å². The van der Waals surface area contributed by atoms with Crippen molar-refractivity contribution in [3.05, 3.63) is 23.8 Å². The van der Waals surface area contributed by atoms with Crippen LogP contribution < -0.4 is 4.74 Å². The maximum atomic E-state index is 9.32. The highest BCUT2D eigenvalue weighted by Crippen LogP contribution is 2.28. The minimum absolute atomic E-state index is 0.0255. The lowest BCUT2D eigenvalue weighted by Crippen LogP contribution is -1.84. The highest BCUT2D eigenvalue weighted by molar-refractivity contribution is 5.62. The van der Waals surface area contributed by atoms with Crippen LogP contribution in [0, 0.1) is 12.3 Å². The van der Waals surface area contributed by atoms with E-state index in [1.165, 1.54) is 7.11 Å². The predicted octanol–water partition coefficient (Wildman–Crippen LogP) is 1.47. The first-order chi connectivity index (χ1) is 7.02. The maximum Gasteiger partial charge on any atom is 0.300 e. The Balaban J connectivity index is 0.000000423. The number of aliphatic carboxylic acids is 1. The molecule has 0 aliphatic carbocycles. The summed E-state index contributed by atoms with van der Waals surface area (Å²) in [7, 11) is 1.48. The van der Waals surface area contributed by atoms with Gasteiger partial charge >= 0.3 is 0 Å². The summed E-state index contributed by atoms with van der Waals surface area (Å²) in [5.41, 5.74) is 0.448. The van der Waals surface area contributed by atoms with Crippen LogP contribution in [0.25, 0.3) is 0 Å². The van der Waals surface area contributed by atoms with E-state index in [0.717, 1.165) is 6.92 Å². The highest BCUT2D eigenvalue weighted by Gasteiger charge is 2.03. The Bertz CT molecular complexity index is 373. The molecule has 0 aliphatic rings. The van der Waals surface area contributed by atoms with Crippen molar-refractivity contribution in [3.63, 3.8) is 0 Å². The molecule has 15 heavy (non-hydrogen) atoms. The van der Waals surface area contributed by atoms with Gasteiger partial charge in [0.15, 0.2) is 11.5 Å². The van der Waals surface area contributed by atoms with E-state index < -0.39 is 5.97 Å². The van der Waals surface area contributed by atoms with E-state index in [2.05, 4.69) is 5.92 Å². The lowest BCUT2D eigenvalue weighted by molar-refractivity contribution is -0.134. The van der Waals surface area contributed by atoms with Crippen molar-refractivity contribution in [2.45, 2.75) is 6.92 Å². The first-order valence-electron chi connectivity index (χ1n) is 4.05. The van der Waals surface area contributed by atoms with E-state index in [4.69, 9.17) is 21.1 Å². The number of carboxylic acids is 1. The molecule has 1 rings (SSSR count). The van der Waals surface area contributed by atoms with E-state index in [-0.39, 0.29) is 5.75 Å². The molecule has 80 valence electrons. The van der Waals surface area contributed by atoms with Crippen molar-refractivity contribution < 1.29 is 19.7 Å². The number of ether oxygens (including phenoxy) is 1. The third kappa shape index (κ3) is 4.58. The average Bonchev–Trinajstić information content (AvgIpc) is 2.17. The van der Waals surface area contributed by atoms with Crippen LogP contribution in [-0.2, 0) is 4.79 Å². The van der Waals surface area contributed by atoms with Crippen LogP contribution in [0.15, 0.2) is 18.2 Å². The molecule has 0 atom stereocenters. The van der Waals surface area contributed by atoms with Gasteiger partial charge in [-0.25, -0.2) is 0 Å². The molecule has 0 amide bonds. The molecule has 4 heteroatoms. The van der Waals surface area contributed by atoms with Crippen LogP contribution in [-0.4, -0.2) is 23.3 Å². The van der Waals surface area contributed by atoms with Gasteiger partial charge in [0, 0.05) is 6.92 Å². The molecule has 0 fully saturated rings. The number of benzene rings is 1. The molecule has 0 heterocycles. The van der Waals surface area contributed by atoms with Crippen LogP contribution in [0.3, 0.4) is 0 Å². The van der Waals surface area contributed by atoms with Gasteiger partial charge in [0.1, 0.15) is 0 Å². The third-order valence-electron chi connectivity index (χ3n) is 1.37. The second kappa shape index (κ2) is 6.33. The quantitative estimate of drug-likeness (QED) is 0.686. The van der Waals surface area contributed by atoms with Gasteiger partial charge in [-0.05, 0) is 12.1 Å². The number of hydrogen-bond donors (Lipinski definition) is 2. The van der Waals surface area contributed by atoms with Crippen LogP contribution in [0.1, 0.15) is 12.5 Å². The van der Waals surface area contributed by atoms with E-state index >= 15 is 0 Å². The van der Waals surface area contributed by atoms with Gasteiger partial charge in [0.25, 0.3) is 5.97 Å². The molecule has 0 bridgehead atoms. The highest BCUT2D eigenvalue weighted by atomic mass is 16.5. The normalized spacial score (nSPS) is 8.07. The Kier molecular flexibility index (Phi) is 5.42. The van der Waals surface area contributed by atoms with Gasteiger partial charge in [0.2, 0.25) is 0 Å². The van der Waals surface area contributed by atoms with Crippen molar-refractivity contribution in [2.75, 3.05) is 7.11 Å². The van der Waals surface area contributed by atoms with Crippen molar-refractivity contribution in [2.24, 2.45) is 0 Å². The molecule has 0 aromatic heterocycles. The number of carbonyl (C=O) groups is 1. The molecule has 4 nitrogen and oxygen atoms in total. The summed E-state index contributed by atoms with van der Waals surface area (Å²) in [6.45, 7) is 1.08. The smallest absolute Gasteiger partial charge is 0.300 e. The molecule has 2 N–H and O–H groups in total. The first-order valence-corrected chi connectivity index (χ1v) is 4.05. The van der Waals surface area contributed by atoms with E-state index in [1.807, 2.05) is 0 Å². The molecule has 0 unspecified atom stereocenters. The molecule has 0 spiro atoms. The predicted molar refractivity (Wildman–Crippen MR) is 55.9 cm³/mol. The van der Waals surface area contributed by atoms with Crippen molar-refractivity contribution >= 4 is 5.97 Å². The topological polar surface area (TPSA) is 66.8 Å². The summed E-state index contributed by atoms with van der Waals surface area (Å²) in [6, 6.07) is 5.03. The zero-order valence-corrected chi connectivity index (χ0v) is 8.52. The van der Waals surface area contributed by atoms with Gasteiger partial charge in [0.05, 0.1) is 12.7 Å². The largest absolute Gasteiger partial charge is 0.503 e. The number of rotatable bonds is 1. The number of para-hydroxylation sites is 1. The third-order valence-corrected chi connectivity index (χ3v) is 1.37. The molecule has 0 aliphatic heterocycles. The summed E-state index contributed by atoms with van der Waals surface area (Å²) in [6.07, 6.45) is 5.11. The standard InChI is InChI=1S/C9H8O2.C2H4O2/c1-3-7-5-4-6-8(11-2)9(7)10;1-2(3)4/h1,4-6,10H,2H3;1H3,(H,3,4). The fourth-order valence-electron chi connectivity index (χ4n) is 0.804. The van der Waals surface area contributed by atoms with Gasteiger partial charge < -0.3 is 14.9 Å². The van der Waals surface area contributed by atoms with Crippen LogP contribution >= 0.6 is 0 Å². The Morgan fingerprint density at radius 3 is 2.47 bits per heavy atom. The summed E-state index contributed by atoms with van der Waals surface area (Å²) in [5, 5.41) is 16.7. The number of phenolic OH excluding ortho intramolecular Hbond substituents is 1. The fourth-order valence-corrected chi connectivity index (χ4v) is 0.804. The number of terminal acetylenes is 1. The Morgan fingerprint density at radius 1 is 1.53 bits per heavy atom. The van der Waals surface area contributed by atoms with E-state index in [1.54, 1.807) is 18.2 Å².